The lowest BCUT2D eigenvalue weighted by Crippen LogP contribution is -2.42. The molecule has 0 bridgehead atoms. The van der Waals surface area contributed by atoms with E-state index in [9.17, 15) is 10.4 Å². The van der Waals surface area contributed by atoms with Crippen LogP contribution < -0.4 is 0 Å². The minimum absolute atomic E-state index is 0.254. The molecule has 124 valence electrons. The fourth-order valence-corrected chi connectivity index (χ4v) is 5.78. The molecule has 0 amide bonds. The number of phenols is 1. The van der Waals surface area contributed by atoms with Gasteiger partial charge in [-0.25, -0.2) is 0 Å². The maximum Gasteiger partial charge on any atom is 0.115 e. The molecule has 1 aromatic rings. The molecule has 0 spiro atoms. The molecular formula is C21H29NO. The summed E-state index contributed by atoms with van der Waals surface area (Å²) in [5.74, 6) is 2.80. The molecule has 0 aliphatic heterocycles. The Balaban J connectivity index is 0.000000753. The quantitative estimate of drug-likeness (QED) is 0.695. The van der Waals surface area contributed by atoms with E-state index >= 15 is 0 Å². The van der Waals surface area contributed by atoms with Gasteiger partial charge in [0.2, 0.25) is 0 Å². The largest absolute Gasteiger partial charge is 0.508 e. The number of hydrogen-bond acceptors (Lipinski definition) is 2. The van der Waals surface area contributed by atoms with E-state index in [0.717, 1.165) is 24.7 Å². The van der Waals surface area contributed by atoms with Gasteiger partial charge in [0.15, 0.2) is 0 Å². The van der Waals surface area contributed by atoms with Crippen LogP contribution >= 0.6 is 0 Å². The van der Waals surface area contributed by atoms with Crippen molar-refractivity contribution in [2.45, 2.75) is 65.2 Å². The van der Waals surface area contributed by atoms with Crippen LogP contribution in [0.3, 0.4) is 0 Å². The van der Waals surface area contributed by atoms with Gasteiger partial charge < -0.3 is 5.11 Å². The number of rotatable bonds is 0. The maximum absolute atomic E-state index is 9.71. The average molecular weight is 311 g/mol. The number of fused-ring (bicyclic) bond motifs is 5. The Kier molecular flexibility index (Phi) is 4.41. The van der Waals surface area contributed by atoms with Crippen molar-refractivity contribution >= 4 is 0 Å². The van der Waals surface area contributed by atoms with Crippen molar-refractivity contribution in [3.05, 3.63) is 29.3 Å². The van der Waals surface area contributed by atoms with Gasteiger partial charge in [-0.1, -0.05) is 26.8 Å². The lowest BCUT2D eigenvalue weighted by Gasteiger charge is -2.50. The van der Waals surface area contributed by atoms with Crippen LogP contribution in [0.1, 0.15) is 69.9 Å². The Labute approximate surface area is 140 Å². The molecular weight excluding hydrogens is 282 g/mol. The number of aryl methyl sites for hydroxylation is 1. The molecule has 2 fully saturated rings. The molecule has 4 rings (SSSR count). The lowest BCUT2D eigenvalue weighted by molar-refractivity contribution is 0.0427. The molecule has 1 aromatic carbocycles. The molecule has 0 aromatic heterocycles. The number of hydrogen-bond donors (Lipinski definition) is 1. The molecule has 0 heterocycles. The van der Waals surface area contributed by atoms with Crippen LogP contribution in [0.15, 0.2) is 18.2 Å². The number of nitrogens with zero attached hydrogens (tertiary/aromatic N) is 1. The standard InChI is InChI=1S/C19H23NO.C2H6/c1-19-9-8-16-15-6-4-14(21)10-12(15)2-5-17(16)18(19)7-3-13(19)11-20;1-2/h4,6,10,13,16-18,21H,2-3,5,7-9H2,1H3;1-2H3/t13-,16?,17?,18?,19-;/m1./s1. The van der Waals surface area contributed by atoms with Crippen molar-refractivity contribution in [2.75, 3.05) is 0 Å². The maximum atomic E-state index is 9.71. The van der Waals surface area contributed by atoms with Crippen molar-refractivity contribution in [1.29, 1.82) is 5.26 Å². The average Bonchev–Trinajstić information content (AvgIpc) is 2.92. The fourth-order valence-electron chi connectivity index (χ4n) is 5.78. The van der Waals surface area contributed by atoms with Crippen LogP contribution in [-0.2, 0) is 6.42 Å². The van der Waals surface area contributed by atoms with E-state index in [2.05, 4.69) is 19.1 Å². The van der Waals surface area contributed by atoms with Gasteiger partial charge in [0, 0.05) is 0 Å². The highest BCUT2D eigenvalue weighted by Gasteiger charge is 2.54. The second-order valence-corrected chi connectivity index (χ2v) is 7.60. The zero-order valence-electron chi connectivity index (χ0n) is 14.7. The van der Waals surface area contributed by atoms with E-state index in [1.165, 1.54) is 36.8 Å². The number of benzene rings is 1. The number of phenolic OH excluding ortho intramolecular Hbond substituents is 1. The van der Waals surface area contributed by atoms with Crippen molar-refractivity contribution in [3.63, 3.8) is 0 Å². The lowest BCUT2D eigenvalue weighted by atomic mass is 9.54. The van der Waals surface area contributed by atoms with E-state index in [1.54, 1.807) is 0 Å². The summed E-state index contributed by atoms with van der Waals surface area (Å²) in [6.07, 6.45) is 7.08. The zero-order chi connectivity index (χ0) is 16.6. The molecule has 3 aliphatic rings. The van der Waals surface area contributed by atoms with E-state index in [-0.39, 0.29) is 11.3 Å². The summed E-state index contributed by atoms with van der Waals surface area (Å²) < 4.78 is 0. The Bertz CT molecular complexity index is 617. The summed E-state index contributed by atoms with van der Waals surface area (Å²) in [5.41, 5.74) is 3.09. The highest BCUT2D eigenvalue weighted by atomic mass is 16.3. The normalized spacial score (nSPS) is 37.5. The third-order valence-corrected chi connectivity index (χ3v) is 6.87. The zero-order valence-corrected chi connectivity index (χ0v) is 14.7. The highest BCUT2D eigenvalue weighted by Crippen LogP contribution is 2.62. The molecule has 3 aliphatic carbocycles. The number of aromatic hydroxyl groups is 1. The SMILES string of the molecule is CC.C[C@]12CCC3c4ccc(O)cc4CCC3C1CC[C@@H]2C#N. The van der Waals surface area contributed by atoms with Gasteiger partial charge in [-0.15, -0.1) is 0 Å². The Morgan fingerprint density at radius 1 is 1.17 bits per heavy atom. The molecule has 3 unspecified atom stereocenters. The minimum atomic E-state index is 0.254. The van der Waals surface area contributed by atoms with Crippen LogP contribution in [0.2, 0.25) is 0 Å². The van der Waals surface area contributed by atoms with Crippen LogP contribution in [-0.4, -0.2) is 5.11 Å². The van der Waals surface area contributed by atoms with E-state index in [4.69, 9.17) is 0 Å². The Hall–Kier alpha value is -1.49. The molecule has 0 saturated heterocycles. The first kappa shape index (κ1) is 16.4. The van der Waals surface area contributed by atoms with Gasteiger partial charge in [0.25, 0.3) is 0 Å². The smallest absolute Gasteiger partial charge is 0.115 e. The van der Waals surface area contributed by atoms with Crippen LogP contribution in [0.25, 0.3) is 0 Å². The molecule has 2 saturated carbocycles. The molecule has 1 N–H and O–H groups in total. The van der Waals surface area contributed by atoms with Crippen molar-refractivity contribution < 1.29 is 5.11 Å². The van der Waals surface area contributed by atoms with Gasteiger partial charge in [0.05, 0.1) is 12.0 Å². The molecule has 0 radical (unpaired) electrons. The van der Waals surface area contributed by atoms with Crippen LogP contribution in [0.4, 0.5) is 0 Å². The highest BCUT2D eigenvalue weighted by molar-refractivity contribution is 5.40. The molecule has 2 heteroatoms. The van der Waals surface area contributed by atoms with Crippen molar-refractivity contribution in [2.24, 2.45) is 23.2 Å². The first-order valence-corrected chi connectivity index (χ1v) is 9.35. The molecule has 23 heavy (non-hydrogen) atoms. The van der Waals surface area contributed by atoms with Crippen LogP contribution in [0.5, 0.6) is 5.75 Å². The summed E-state index contributed by atoms with van der Waals surface area (Å²) in [5, 5.41) is 19.2. The third-order valence-electron chi connectivity index (χ3n) is 6.87. The summed E-state index contributed by atoms with van der Waals surface area (Å²) in [6, 6.07) is 8.56. The first-order chi connectivity index (χ1) is 11.1. The van der Waals surface area contributed by atoms with Crippen LogP contribution in [0, 0.1) is 34.5 Å². The summed E-state index contributed by atoms with van der Waals surface area (Å²) in [4.78, 5) is 0. The second kappa shape index (κ2) is 6.19. The second-order valence-electron chi connectivity index (χ2n) is 7.60. The molecule has 5 atom stereocenters. The van der Waals surface area contributed by atoms with Crippen molar-refractivity contribution in [1.82, 2.24) is 0 Å². The topological polar surface area (TPSA) is 44.0 Å². The Morgan fingerprint density at radius 3 is 2.70 bits per heavy atom. The number of nitriles is 1. The third kappa shape index (κ3) is 2.45. The predicted octanol–water partition coefficient (Wildman–Crippen LogP) is 5.41. The van der Waals surface area contributed by atoms with Gasteiger partial charge >= 0.3 is 0 Å². The fraction of sp³-hybridized carbons (Fsp3) is 0.667. The van der Waals surface area contributed by atoms with Gasteiger partial charge in [0.1, 0.15) is 5.75 Å². The van der Waals surface area contributed by atoms with E-state index in [1.807, 2.05) is 26.0 Å². The summed E-state index contributed by atoms with van der Waals surface area (Å²) >= 11 is 0. The van der Waals surface area contributed by atoms with Gasteiger partial charge in [-0.05, 0) is 85.0 Å². The van der Waals surface area contributed by atoms with E-state index in [0.29, 0.717) is 11.7 Å². The van der Waals surface area contributed by atoms with Gasteiger partial charge in [-0.2, -0.15) is 5.26 Å². The van der Waals surface area contributed by atoms with Crippen molar-refractivity contribution in [3.8, 4) is 11.8 Å². The van der Waals surface area contributed by atoms with Gasteiger partial charge in [-0.3, -0.25) is 0 Å². The summed E-state index contributed by atoms with van der Waals surface area (Å²) in [6.45, 7) is 6.38. The minimum Gasteiger partial charge on any atom is -0.508 e. The summed E-state index contributed by atoms with van der Waals surface area (Å²) in [7, 11) is 0. The molecule has 2 nitrogen and oxygen atoms in total. The first-order valence-electron chi connectivity index (χ1n) is 9.35. The predicted molar refractivity (Wildman–Crippen MR) is 93.2 cm³/mol. The Morgan fingerprint density at radius 2 is 1.96 bits per heavy atom. The monoisotopic (exact) mass is 311 g/mol. The van der Waals surface area contributed by atoms with E-state index < -0.39 is 0 Å².